The molecular formula is C42H87O3S3Sb. The molecule has 49 heavy (non-hydrogen) atoms. The van der Waals surface area contributed by atoms with E-state index >= 15 is 0 Å². The van der Waals surface area contributed by atoms with Gasteiger partial charge in [-0.15, -0.1) is 0 Å². The minimum absolute atomic E-state index is 0. The van der Waals surface area contributed by atoms with Gasteiger partial charge in [0.25, 0.3) is 0 Å². The molecule has 0 N–H and O–H groups in total. The summed E-state index contributed by atoms with van der Waals surface area (Å²) in [5.41, 5.74) is 0. The second kappa shape index (κ2) is 61.8. The molecular weight excluding hydrogens is 770 g/mol. The molecule has 0 heterocycles. The molecule has 0 saturated heterocycles. The van der Waals surface area contributed by atoms with Crippen molar-refractivity contribution in [2.75, 3.05) is 56.9 Å². The third-order valence-corrected chi connectivity index (χ3v) is 9.11. The van der Waals surface area contributed by atoms with Crippen LogP contribution in [-0.2, 0) is 52.1 Å². The zero-order valence-electron chi connectivity index (χ0n) is 33.5. The molecule has 0 unspecified atom stereocenters. The molecule has 0 aromatic heterocycles. The molecule has 296 valence electrons. The van der Waals surface area contributed by atoms with Gasteiger partial charge in [0.05, 0.1) is 0 Å². The summed E-state index contributed by atoms with van der Waals surface area (Å²) in [6, 6.07) is 0. The Balaban J connectivity index is -0.000000307. The maximum absolute atomic E-state index is 5.35. The first-order valence-electron chi connectivity index (χ1n) is 21.2. The van der Waals surface area contributed by atoms with E-state index in [1.165, 1.54) is 193 Å². The van der Waals surface area contributed by atoms with Gasteiger partial charge >= 0.3 is 24.4 Å². The molecule has 0 atom stereocenters. The molecule has 0 aliphatic carbocycles. The van der Waals surface area contributed by atoms with E-state index in [-0.39, 0.29) is 24.4 Å². The van der Waals surface area contributed by atoms with E-state index in [0.717, 1.165) is 56.9 Å². The van der Waals surface area contributed by atoms with Crippen LogP contribution in [0.2, 0.25) is 0 Å². The van der Waals surface area contributed by atoms with Gasteiger partial charge in [0, 0.05) is 39.6 Å². The zero-order chi connectivity index (χ0) is 35.7. The fourth-order valence-corrected chi connectivity index (χ4v) is 5.91. The molecule has 0 aromatic carbocycles. The summed E-state index contributed by atoms with van der Waals surface area (Å²) in [6.45, 7) is 11.8. The Morgan fingerprint density at radius 1 is 0.245 bits per heavy atom. The van der Waals surface area contributed by atoms with Crippen molar-refractivity contribution < 1.29 is 14.2 Å². The van der Waals surface area contributed by atoms with Crippen LogP contribution < -0.4 is 0 Å². The van der Waals surface area contributed by atoms with E-state index < -0.39 is 0 Å². The molecule has 0 bridgehead atoms. The van der Waals surface area contributed by atoms with Gasteiger partial charge in [0.15, 0.2) is 0 Å². The van der Waals surface area contributed by atoms with Gasteiger partial charge < -0.3 is 52.1 Å². The molecule has 0 fully saturated rings. The molecule has 0 aliphatic rings. The van der Waals surface area contributed by atoms with E-state index in [1.807, 2.05) is 0 Å². The molecule has 0 amide bonds. The van der Waals surface area contributed by atoms with E-state index in [2.05, 4.69) is 20.8 Å². The molecule has 0 rings (SSSR count). The number of ether oxygens (including phenoxy) is 3. The van der Waals surface area contributed by atoms with Crippen LogP contribution in [0.4, 0.5) is 0 Å². The van der Waals surface area contributed by atoms with E-state index in [0.29, 0.717) is 0 Å². The fourth-order valence-electron chi connectivity index (χ4n) is 5.56. The Morgan fingerprint density at radius 3 is 0.571 bits per heavy atom. The van der Waals surface area contributed by atoms with E-state index in [1.54, 1.807) is 0 Å². The second-order valence-corrected chi connectivity index (χ2v) is 14.7. The van der Waals surface area contributed by atoms with Crippen LogP contribution in [0.5, 0.6) is 0 Å². The Bertz CT molecular complexity index is 384. The van der Waals surface area contributed by atoms with Crippen molar-refractivity contribution >= 4 is 62.3 Å². The van der Waals surface area contributed by atoms with E-state index in [4.69, 9.17) is 52.1 Å². The maximum Gasteiger partial charge on any atom is 3.00 e. The maximum atomic E-state index is 5.35. The normalized spacial score (nSPS) is 10.7. The Hall–Kier alpha value is 1.75. The van der Waals surface area contributed by atoms with Crippen LogP contribution in [0.15, 0.2) is 0 Å². The van der Waals surface area contributed by atoms with Crippen LogP contribution in [0, 0.1) is 0 Å². The predicted octanol–water partition coefficient (Wildman–Crippen LogP) is 13.0. The number of unbranched alkanes of at least 4 members (excludes halogenated alkanes) is 27. The van der Waals surface area contributed by atoms with Crippen molar-refractivity contribution in [3.8, 4) is 0 Å². The van der Waals surface area contributed by atoms with Crippen LogP contribution in [-0.4, -0.2) is 81.3 Å². The quantitative estimate of drug-likeness (QED) is 0.0347. The smallest absolute Gasteiger partial charge is 0.790 e. The average Bonchev–Trinajstić information content (AvgIpc) is 3.10. The Kier molecular flexibility index (Phi) is 72.4. The largest absolute Gasteiger partial charge is 3.00 e. The summed E-state index contributed by atoms with van der Waals surface area (Å²) in [6.07, 6.45) is 41.5. The summed E-state index contributed by atoms with van der Waals surface area (Å²) in [4.78, 5) is 0. The van der Waals surface area contributed by atoms with Gasteiger partial charge in [-0.25, -0.2) is 0 Å². The van der Waals surface area contributed by atoms with Gasteiger partial charge in [0.1, 0.15) is 0 Å². The number of rotatable bonds is 39. The van der Waals surface area contributed by atoms with Gasteiger partial charge in [-0.1, -0.05) is 194 Å². The topological polar surface area (TPSA) is 27.7 Å². The van der Waals surface area contributed by atoms with Crippen molar-refractivity contribution in [1.29, 1.82) is 0 Å². The minimum atomic E-state index is 0. The van der Waals surface area contributed by atoms with E-state index in [9.17, 15) is 0 Å². The van der Waals surface area contributed by atoms with Crippen molar-refractivity contribution in [1.82, 2.24) is 0 Å². The molecule has 0 spiro atoms. The fraction of sp³-hybridized carbons (Fsp3) is 1.00. The Morgan fingerprint density at radius 2 is 0.408 bits per heavy atom. The molecule has 3 nitrogen and oxygen atoms in total. The third kappa shape index (κ3) is 68.3. The standard InChI is InChI=1S/3C14H30OS.Sb/c3*1-2-3-4-5-6-7-8-9-10-11-12-15-13-14-16;/h3*16H,2-14H2,1H3;/q;;;+3/p-3. The summed E-state index contributed by atoms with van der Waals surface area (Å²) >= 11 is 14.4. The first-order valence-corrected chi connectivity index (χ1v) is 23.0. The Labute approximate surface area is 344 Å². The van der Waals surface area contributed by atoms with Gasteiger partial charge in [-0.05, 0) is 19.3 Å². The van der Waals surface area contributed by atoms with Gasteiger partial charge in [-0.2, -0.15) is 17.3 Å². The number of hydrogen-bond donors (Lipinski definition) is 0. The first kappa shape index (κ1) is 57.5. The molecule has 7 heteroatoms. The van der Waals surface area contributed by atoms with Crippen LogP contribution in [0.25, 0.3) is 0 Å². The SMILES string of the molecule is CCCCCCCCCCCCOCC[S-].CCCCCCCCCCCCOCC[S-].CCCCCCCCCCCCOCC[S-].[Sb+3]. The second-order valence-electron chi connectivity index (χ2n) is 13.5. The predicted molar refractivity (Wildman–Crippen MR) is 230 cm³/mol. The van der Waals surface area contributed by atoms with Gasteiger partial charge in [-0.3, -0.25) is 0 Å². The minimum Gasteiger partial charge on any atom is -0.790 e. The van der Waals surface area contributed by atoms with Crippen molar-refractivity contribution in [3.05, 3.63) is 0 Å². The molecule has 0 aromatic rings. The summed E-state index contributed by atoms with van der Waals surface area (Å²) < 4.78 is 16.1. The third-order valence-electron chi connectivity index (χ3n) is 8.61. The monoisotopic (exact) mass is 856 g/mol. The molecule has 0 saturated carbocycles. The number of hydrogen-bond acceptors (Lipinski definition) is 6. The summed E-state index contributed by atoms with van der Waals surface area (Å²) in [5.74, 6) is 2.20. The molecule has 2 radical (unpaired) electrons. The zero-order valence-corrected chi connectivity index (χ0v) is 38.5. The average molecular weight is 858 g/mol. The summed E-state index contributed by atoms with van der Waals surface area (Å²) in [7, 11) is 0. The van der Waals surface area contributed by atoms with Crippen LogP contribution >= 0.6 is 0 Å². The van der Waals surface area contributed by atoms with Crippen LogP contribution in [0.3, 0.4) is 0 Å². The van der Waals surface area contributed by atoms with Crippen molar-refractivity contribution in [3.63, 3.8) is 0 Å². The van der Waals surface area contributed by atoms with Gasteiger partial charge in [0.2, 0.25) is 0 Å². The molecule has 0 aliphatic heterocycles. The van der Waals surface area contributed by atoms with Crippen molar-refractivity contribution in [2.24, 2.45) is 0 Å². The first-order chi connectivity index (χ1) is 23.7. The van der Waals surface area contributed by atoms with Crippen molar-refractivity contribution in [2.45, 2.75) is 213 Å². The summed E-state index contributed by atoms with van der Waals surface area (Å²) in [5, 5.41) is 0. The van der Waals surface area contributed by atoms with Crippen LogP contribution in [0.1, 0.15) is 213 Å².